The standard InChI is InChI=1S/C26H26BrClN2O5/c1-4-33-23-14-19(9-10-22(23)32-3)26(31)30-29-15-18-12-21(27)25(24(13-18)34-5-2)35-16-17-7-6-8-20(28)11-17/h6-15H,4-5,16H2,1-3H3,(H,30,31)/b29-15+. The first-order chi connectivity index (χ1) is 16.9. The largest absolute Gasteiger partial charge is 0.493 e. The maximum absolute atomic E-state index is 12.5. The Morgan fingerprint density at radius 2 is 1.77 bits per heavy atom. The third kappa shape index (κ3) is 7.37. The summed E-state index contributed by atoms with van der Waals surface area (Å²) in [6.07, 6.45) is 1.53. The molecule has 0 fully saturated rings. The molecule has 35 heavy (non-hydrogen) atoms. The number of benzene rings is 3. The number of carbonyl (C=O) groups excluding carboxylic acids is 1. The van der Waals surface area contributed by atoms with Crippen LogP contribution in [0.15, 0.2) is 64.2 Å². The number of ether oxygens (including phenoxy) is 4. The number of halogens is 2. The lowest BCUT2D eigenvalue weighted by Crippen LogP contribution is -2.17. The maximum Gasteiger partial charge on any atom is 0.271 e. The van der Waals surface area contributed by atoms with Gasteiger partial charge in [-0.2, -0.15) is 5.10 Å². The Balaban J connectivity index is 1.72. The molecule has 1 N–H and O–H groups in total. The van der Waals surface area contributed by atoms with Crippen LogP contribution < -0.4 is 24.4 Å². The second kappa shape index (κ2) is 13.0. The Labute approximate surface area is 218 Å². The van der Waals surface area contributed by atoms with Gasteiger partial charge in [-0.25, -0.2) is 5.43 Å². The highest BCUT2D eigenvalue weighted by molar-refractivity contribution is 9.10. The lowest BCUT2D eigenvalue weighted by molar-refractivity contribution is 0.0954. The highest BCUT2D eigenvalue weighted by Crippen LogP contribution is 2.37. The van der Waals surface area contributed by atoms with Gasteiger partial charge in [-0.1, -0.05) is 23.7 Å². The SMILES string of the molecule is CCOc1cc(C(=O)N/N=C/c2cc(Br)c(OCc3cccc(Cl)c3)c(OCC)c2)ccc1OC. The summed E-state index contributed by atoms with van der Waals surface area (Å²) < 4.78 is 23.2. The summed E-state index contributed by atoms with van der Waals surface area (Å²) in [5, 5.41) is 4.73. The molecule has 1 amide bonds. The van der Waals surface area contributed by atoms with Crippen molar-refractivity contribution < 1.29 is 23.7 Å². The summed E-state index contributed by atoms with van der Waals surface area (Å²) in [6, 6.07) is 16.0. The van der Waals surface area contributed by atoms with Crippen LogP contribution in [0.1, 0.15) is 35.3 Å². The van der Waals surface area contributed by atoms with Crippen LogP contribution in [0.3, 0.4) is 0 Å². The number of carbonyl (C=O) groups is 1. The molecule has 0 unspecified atom stereocenters. The van der Waals surface area contributed by atoms with E-state index >= 15 is 0 Å². The smallest absolute Gasteiger partial charge is 0.271 e. The lowest BCUT2D eigenvalue weighted by atomic mass is 10.2. The summed E-state index contributed by atoms with van der Waals surface area (Å²) >= 11 is 9.60. The van der Waals surface area contributed by atoms with Crippen molar-refractivity contribution in [1.82, 2.24) is 5.43 Å². The molecule has 0 spiro atoms. The van der Waals surface area contributed by atoms with Gasteiger partial charge in [0.25, 0.3) is 5.91 Å². The minimum atomic E-state index is -0.379. The van der Waals surface area contributed by atoms with Crippen molar-refractivity contribution in [1.29, 1.82) is 0 Å². The zero-order valence-electron chi connectivity index (χ0n) is 19.6. The number of rotatable bonds is 11. The number of amides is 1. The van der Waals surface area contributed by atoms with E-state index in [-0.39, 0.29) is 5.91 Å². The molecule has 0 aliphatic carbocycles. The molecule has 9 heteroatoms. The molecule has 3 aromatic rings. The molecule has 0 atom stereocenters. The highest BCUT2D eigenvalue weighted by Gasteiger charge is 2.13. The first kappa shape index (κ1) is 26.4. The van der Waals surface area contributed by atoms with E-state index in [4.69, 9.17) is 30.5 Å². The van der Waals surface area contributed by atoms with Gasteiger partial charge in [-0.15, -0.1) is 0 Å². The van der Waals surface area contributed by atoms with Gasteiger partial charge in [-0.3, -0.25) is 4.79 Å². The molecule has 3 aromatic carbocycles. The summed E-state index contributed by atoms with van der Waals surface area (Å²) in [6.45, 7) is 4.99. The van der Waals surface area contributed by atoms with Crippen LogP contribution >= 0.6 is 27.5 Å². The topological polar surface area (TPSA) is 78.4 Å². The fraction of sp³-hybridized carbons (Fsp3) is 0.231. The molecule has 0 radical (unpaired) electrons. The third-order valence-corrected chi connectivity index (χ3v) is 5.53. The fourth-order valence-electron chi connectivity index (χ4n) is 3.16. The Hall–Kier alpha value is -3.23. The van der Waals surface area contributed by atoms with Gasteiger partial charge in [0.2, 0.25) is 0 Å². The number of hydrogen-bond acceptors (Lipinski definition) is 6. The summed E-state index contributed by atoms with van der Waals surface area (Å²) in [5.41, 5.74) is 4.57. The highest BCUT2D eigenvalue weighted by atomic mass is 79.9. The van der Waals surface area contributed by atoms with Gasteiger partial charge in [0.1, 0.15) is 6.61 Å². The molecule has 0 aliphatic rings. The second-order valence-corrected chi connectivity index (χ2v) is 8.47. The quantitative estimate of drug-likeness (QED) is 0.221. The van der Waals surface area contributed by atoms with Gasteiger partial charge in [-0.05, 0) is 83.4 Å². The number of nitrogens with zero attached hydrogens (tertiary/aromatic N) is 1. The van der Waals surface area contributed by atoms with Crippen molar-refractivity contribution in [3.63, 3.8) is 0 Å². The molecule has 7 nitrogen and oxygen atoms in total. The molecule has 0 saturated heterocycles. The van der Waals surface area contributed by atoms with Crippen molar-refractivity contribution >= 4 is 39.7 Å². The van der Waals surface area contributed by atoms with E-state index in [9.17, 15) is 4.79 Å². The Kier molecular flexibility index (Phi) is 9.81. The van der Waals surface area contributed by atoms with E-state index in [0.717, 1.165) is 5.56 Å². The Bertz CT molecular complexity index is 1200. The predicted molar refractivity (Wildman–Crippen MR) is 140 cm³/mol. The normalized spacial score (nSPS) is 10.8. The lowest BCUT2D eigenvalue weighted by Gasteiger charge is -2.15. The molecule has 0 heterocycles. The van der Waals surface area contributed by atoms with E-state index in [1.54, 1.807) is 31.4 Å². The van der Waals surface area contributed by atoms with E-state index < -0.39 is 0 Å². The molecule has 3 rings (SSSR count). The molecule has 184 valence electrons. The number of methoxy groups -OCH3 is 1. The fourth-order valence-corrected chi connectivity index (χ4v) is 3.95. The monoisotopic (exact) mass is 560 g/mol. The van der Waals surface area contributed by atoms with Gasteiger partial charge in [0, 0.05) is 10.6 Å². The average molecular weight is 562 g/mol. The summed E-state index contributed by atoms with van der Waals surface area (Å²) in [5.74, 6) is 1.78. The third-order valence-electron chi connectivity index (χ3n) is 4.71. The van der Waals surface area contributed by atoms with Crippen LogP contribution in [-0.4, -0.2) is 32.4 Å². The van der Waals surface area contributed by atoms with Gasteiger partial charge >= 0.3 is 0 Å². The van der Waals surface area contributed by atoms with Crippen LogP contribution in [0.25, 0.3) is 0 Å². The van der Waals surface area contributed by atoms with Crippen LogP contribution in [0.5, 0.6) is 23.0 Å². The summed E-state index contributed by atoms with van der Waals surface area (Å²) in [7, 11) is 1.55. The van der Waals surface area contributed by atoms with Crippen LogP contribution in [0, 0.1) is 0 Å². The van der Waals surface area contributed by atoms with Crippen molar-refractivity contribution in [3.05, 3.63) is 80.8 Å². The van der Waals surface area contributed by atoms with Gasteiger partial charge < -0.3 is 18.9 Å². The molecular weight excluding hydrogens is 536 g/mol. The molecule has 0 aromatic heterocycles. The summed E-state index contributed by atoms with van der Waals surface area (Å²) in [4.78, 5) is 12.5. The second-order valence-electron chi connectivity index (χ2n) is 7.18. The van der Waals surface area contributed by atoms with Crippen LogP contribution in [0.2, 0.25) is 5.02 Å². The first-order valence-corrected chi connectivity index (χ1v) is 12.1. The first-order valence-electron chi connectivity index (χ1n) is 10.9. The zero-order chi connectivity index (χ0) is 25.2. The molecule has 0 bridgehead atoms. The van der Waals surface area contributed by atoms with Crippen LogP contribution in [0.4, 0.5) is 0 Å². The van der Waals surface area contributed by atoms with Crippen LogP contribution in [-0.2, 0) is 6.61 Å². The predicted octanol–water partition coefficient (Wildman–Crippen LogP) is 6.25. The van der Waals surface area contributed by atoms with Crippen molar-refractivity contribution in [3.8, 4) is 23.0 Å². The van der Waals surface area contributed by atoms with Crippen molar-refractivity contribution in [2.45, 2.75) is 20.5 Å². The number of hydrogen-bond donors (Lipinski definition) is 1. The van der Waals surface area contributed by atoms with Gasteiger partial charge in [0.15, 0.2) is 23.0 Å². The Morgan fingerprint density at radius 1 is 1.00 bits per heavy atom. The van der Waals surface area contributed by atoms with E-state index in [1.807, 2.05) is 44.2 Å². The minimum Gasteiger partial charge on any atom is -0.493 e. The maximum atomic E-state index is 12.5. The Morgan fingerprint density at radius 3 is 2.49 bits per heavy atom. The zero-order valence-corrected chi connectivity index (χ0v) is 22.0. The van der Waals surface area contributed by atoms with Crippen molar-refractivity contribution in [2.75, 3.05) is 20.3 Å². The number of nitrogens with one attached hydrogen (secondary N) is 1. The molecule has 0 saturated carbocycles. The minimum absolute atomic E-state index is 0.328. The number of hydrazone groups is 1. The average Bonchev–Trinajstić information content (AvgIpc) is 2.84. The molecule has 0 aliphatic heterocycles. The van der Waals surface area contributed by atoms with Crippen molar-refractivity contribution in [2.24, 2.45) is 5.10 Å². The van der Waals surface area contributed by atoms with E-state index in [0.29, 0.717) is 63.4 Å². The molecular formula is C26H26BrClN2O5. The van der Waals surface area contributed by atoms with E-state index in [2.05, 4.69) is 26.5 Å². The van der Waals surface area contributed by atoms with E-state index in [1.165, 1.54) is 6.21 Å². The van der Waals surface area contributed by atoms with Gasteiger partial charge in [0.05, 0.1) is 31.0 Å².